The summed E-state index contributed by atoms with van der Waals surface area (Å²) < 4.78 is 5.95. The predicted molar refractivity (Wildman–Crippen MR) is 105 cm³/mol. The molecule has 1 aromatic rings. The Hall–Kier alpha value is -0.520. The molecule has 2 N–H and O–H groups in total. The molecule has 2 aliphatic heterocycles. The summed E-state index contributed by atoms with van der Waals surface area (Å²) in [5, 5.41) is 0. The van der Waals surface area contributed by atoms with Crippen LogP contribution >= 0.6 is 24.8 Å². The molecule has 24 heavy (non-hydrogen) atoms. The first-order valence-corrected chi connectivity index (χ1v) is 8.71. The molecule has 0 amide bonds. The van der Waals surface area contributed by atoms with Gasteiger partial charge in [0.2, 0.25) is 0 Å². The van der Waals surface area contributed by atoms with Crippen LogP contribution in [-0.4, -0.2) is 55.2 Å². The molecular formula is C18H31Cl2N3O. The monoisotopic (exact) mass is 375 g/mol. The van der Waals surface area contributed by atoms with E-state index in [0.717, 1.165) is 45.0 Å². The van der Waals surface area contributed by atoms with Crippen molar-refractivity contribution in [3.8, 4) is 5.75 Å². The summed E-state index contributed by atoms with van der Waals surface area (Å²) in [6, 6.07) is 8.88. The molecule has 1 aromatic carbocycles. The second-order valence-corrected chi connectivity index (χ2v) is 6.68. The van der Waals surface area contributed by atoms with Gasteiger partial charge in [-0.15, -0.1) is 24.8 Å². The number of rotatable bonds is 6. The minimum atomic E-state index is 0. The van der Waals surface area contributed by atoms with E-state index in [1.165, 1.54) is 37.9 Å². The Balaban J connectivity index is 0.00000144. The van der Waals surface area contributed by atoms with Gasteiger partial charge in [-0.2, -0.15) is 0 Å². The third kappa shape index (κ3) is 6.77. The van der Waals surface area contributed by atoms with Crippen molar-refractivity contribution in [1.82, 2.24) is 9.80 Å². The molecule has 0 bridgehead atoms. The fourth-order valence-electron chi connectivity index (χ4n) is 3.47. The lowest BCUT2D eigenvalue weighted by Gasteiger charge is -2.26. The smallest absolute Gasteiger partial charge is 0.119 e. The lowest BCUT2D eigenvalue weighted by molar-refractivity contribution is 0.183. The Morgan fingerprint density at radius 1 is 1.04 bits per heavy atom. The fraction of sp³-hybridized carbons (Fsp3) is 0.667. The van der Waals surface area contributed by atoms with Crippen LogP contribution in [0.3, 0.4) is 0 Å². The van der Waals surface area contributed by atoms with Crippen molar-refractivity contribution in [1.29, 1.82) is 0 Å². The summed E-state index contributed by atoms with van der Waals surface area (Å²) in [6.45, 7) is 7.42. The highest BCUT2D eigenvalue weighted by Crippen LogP contribution is 2.17. The molecule has 0 aliphatic carbocycles. The molecule has 1 unspecified atom stereocenters. The molecule has 138 valence electrons. The van der Waals surface area contributed by atoms with Gasteiger partial charge >= 0.3 is 0 Å². The summed E-state index contributed by atoms with van der Waals surface area (Å²) in [6.07, 6.45) is 5.19. The van der Waals surface area contributed by atoms with E-state index in [-0.39, 0.29) is 24.8 Å². The van der Waals surface area contributed by atoms with Gasteiger partial charge in [-0.05, 0) is 50.0 Å². The zero-order valence-corrected chi connectivity index (χ0v) is 16.0. The molecule has 0 aromatic heterocycles. The van der Waals surface area contributed by atoms with Gasteiger partial charge in [-0.25, -0.2) is 0 Å². The van der Waals surface area contributed by atoms with Crippen LogP contribution in [0.5, 0.6) is 5.75 Å². The SMILES string of the molecule is Cl.Cl.NC1CCN(Cc2cccc(OCCN3CCCCC3)c2)C1. The first-order valence-electron chi connectivity index (χ1n) is 8.71. The molecule has 1 atom stereocenters. The van der Waals surface area contributed by atoms with Gasteiger partial charge in [0.1, 0.15) is 12.4 Å². The number of nitrogens with two attached hydrogens (primary N) is 1. The van der Waals surface area contributed by atoms with Crippen LogP contribution in [0.15, 0.2) is 24.3 Å². The van der Waals surface area contributed by atoms with Crippen LogP contribution in [0.1, 0.15) is 31.2 Å². The van der Waals surface area contributed by atoms with E-state index in [9.17, 15) is 0 Å². The number of hydrogen-bond donors (Lipinski definition) is 1. The van der Waals surface area contributed by atoms with Gasteiger partial charge in [0.15, 0.2) is 0 Å². The topological polar surface area (TPSA) is 41.7 Å². The van der Waals surface area contributed by atoms with Crippen molar-refractivity contribution >= 4 is 24.8 Å². The van der Waals surface area contributed by atoms with Crippen molar-refractivity contribution in [2.24, 2.45) is 5.73 Å². The first kappa shape index (κ1) is 21.5. The quantitative estimate of drug-likeness (QED) is 0.829. The largest absolute Gasteiger partial charge is 0.492 e. The van der Waals surface area contributed by atoms with Crippen LogP contribution in [0.25, 0.3) is 0 Å². The van der Waals surface area contributed by atoms with E-state index in [2.05, 4.69) is 34.1 Å². The van der Waals surface area contributed by atoms with Crippen molar-refractivity contribution < 1.29 is 4.74 Å². The van der Waals surface area contributed by atoms with Crippen LogP contribution in [-0.2, 0) is 6.54 Å². The zero-order chi connectivity index (χ0) is 15.2. The molecule has 0 radical (unpaired) electrons. The third-order valence-corrected chi connectivity index (χ3v) is 4.74. The number of ether oxygens (including phenoxy) is 1. The standard InChI is InChI=1S/C18H29N3O.2ClH/c19-17-7-10-21(15-17)14-16-5-4-6-18(13-16)22-12-11-20-8-2-1-3-9-20;;/h4-6,13,17H,1-3,7-12,14-15,19H2;2*1H. The summed E-state index contributed by atoms with van der Waals surface area (Å²) >= 11 is 0. The Kier molecular flexibility index (Phi) is 10.0. The van der Waals surface area contributed by atoms with Crippen molar-refractivity contribution in [3.05, 3.63) is 29.8 Å². The minimum absolute atomic E-state index is 0. The van der Waals surface area contributed by atoms with E-state index in [0.29, 0.717) is 6.04 Å². The maximum absolute atomic E-state index is 5.97. The van der Waals surface area contributed by atoms with Gasteiger partial charge in [-0.1, -0.05) is 18.6 Å². The van der Waals surface area contributed by atoms with Crippen molar-refractivity contribution in [2.75, 3.05) is 39.3 Å². The van der Waals surface area contributed by atoms with Gasteiger partial charge in [0, 0.05) is 32.2 Å². The lowest BCUT2D eigenvalue weighted by Crippen LogP contribution is -2.33. The Bertz CT molecular complexity index is 469. The summed E-state index contributed by atoms with van der Waals surface area (Å²) in [4.78, 5) is 4.94. The highest BCUT2D eigenvalue weighted by Gasteiger charge is 2.18. The molecule has 3 rings (SSSR count). The number of nitrogens with zero attached hydrogens (tertiary/aromatic N) is 2. The number of likely N-dealkylation sites (tertiary alicyclic amines) is 2. The number of hydrogen-bond acceptors (Lipinski definition) is 4. The molecule has 2 fully saturated rings. The molecule has 0 spiro atoms. The molecule has 2 heterocycles. The van der Waals surface area contributed by atoms with E-state index < -0.39 is 0 Å². The van der Waals surface area contributed by atoms with Crippen LogP contribution in [0.2, 0.25) is 0 Å². The predicted octanol–water partition coefficient (Wildman–Crippen LogP) is 2.93. The normalized spacial score (nSPS) is 21.8. The molecule has 0 saturated carbocycles. The minimum Gasteiger partial charge on any atom is -0.492 e. The van der Waals surface area contributed by atoms with Crippen molar-refractivity contribution in [3.63, 3.8) is 0 Å². The first-order chi connectivity index (χ1) is 10.8. The van der Waals surface area contributed by atoms with Gasteiger partial charge in [0.05, 0.1) is 0 Å². The average molecular weight is 376 g/mol. The summed E-state index contributed by atoms with van der Waals surface area (Å²) in [5.41, 5.74) is 7.30. The van der Waals surface area contributed by atoms with Crippen LogP contribution < -0.4 is 10.5 Å². The lowest BCUT2D eigenvalue weighted by atomic mass is 10.1. The Morgan fingerprint density at radius 3 is 2.54 bits per heavy atom. The highest BCUT2D eigenvalue weighted by molar-refractivity contribution is 5.85. The fourth-order valence-corrected chi connectivity index (χ4v) is 3.47. The number of halogens is 2. The van der Waals surface area contributed by atoms with E-state index in [1.807, 2.05) is 0 Å². The maximum atomic E-state index is 5.97. The highest BCUT2D eigenvalue weighted by atomic mass is 35.5. The van der Waals surface area contributed by atoms with E-state index >= 15 is 0 Å². The third-order valence-electron chi connectivity index (χ3n) is 4.74. The number of piperidine rings is 1. The van der Waals surface area contributed by atoms with E-state index in [1.54, 1.807) is 0 Å². The second kappa shape index (κ2) is 11.2. The molecule has 2 aliphatic rings. The Labute approximate surface area is 158 Å². The Morgan fingerprint density at radius 2 is 1.83 bits per heavy atom. The van der Waals surface area contributed by atoms with Crippen molar-refractivity contribution in [2.45, 2.75) is 38.3 Å². The molecule has 2 saturated heterocycles. The molecular weight excluding hydrogens is 345 g/mol. The van der Waals surface area contributed by atoms with E-state index in [4.69, 9.17) is 10.5 Å². The van der Waals surface area contributed by atoms with Gasteiger partial charge in [0.25, 0.3) is 0 Å². The molecule has 6 heteroatoms. The maximum Gasteiger partial charge on any atom is 0.119 e. The van der Waals surface area contributed by atoms with Gasteiger partial charge < -0.3 is 10.5 Å². The summed E-state index contributed by atoms with van der Waals surface area (Å²) in [5.74, 6) is 0.998. The second-order valence-electron chi connectivity index (χ2n) is 6.68. The van der Waals surface area contributed by atoms with Gasteiger partial charge in [-0.3, -0.25) is 9.80 Å². The van der Waals surface area contributed by atoms with Crippen LogP contribution in [0, 0.1) is 0 Å². The zero-order valence-electron chi connectivity index (χ0n) is 14.4. The van der Waals surface area contributed by atoms with Crippen LogP contribution in [0.4, 0.5) is 0 Å². The average Bonchev–Trinajstić information content (AvgIpc) is 2.94. The molecule has 4 nitrogen and oxygen atoms in total. The number of benzene rings is 1. The summed E-state index contributed by atoms with van der Waals surface area (Å²) in [7, 11) is 0.